The number of rotatable bonds is 6. The highest BCUT2D eigenvalue weighted by Gasteiger charge is 2.19. The van der Waals surface area contributed by atoms with Crippen LogP contribution in [0.2, 0.25) is 0 Å². The summed E-state index contributed by atoms with van der Waals surface area (Å²) in [5.74, 6) is 0.570. The monoisotopic (exact) mass is 257 g/mol. The molecule has 5 heteroatoms. The Bertz CT molecular complexity index is 455. The van der Waals surface area contributed by atoms with E-state index >= 15 is 0 Å². The molecule has 0 atom stereocenters. The average Bonchev–Trinajstić information content (AvgIpc) is 2.29. The summed E-state index contributed by atoms with van der Waals surface area (Å²) in [6, 6.07) is 6.58. The SMILES string of the molecule is CC(C)S(=O)(=O)c1cccc(OCCCN)c1. The molecule has 0 saturated carbocycles. The lowest BCUT2D eigenvalue weighted by molar-refractivity contribution is 0.312. The molecule has 0 aliphatic rings. The smallest absolute Gasteiger partial charge is 0.180 e. The van der Waals surface area contributed by atoms with Crippen LogP contribution in [-0.2, 0) is 9.84 Å². The minimum atomic E-state index is -3.23. The molecule has 0 saturated heterocycles. The Morgan fingerprint density at radius 3 is 2.65 bits per heavy atom. The van der Waals surface area contributed by atoms with Gasteiger partial charge in [-0.25, -0.2) is 8.42 Å². The lowest BCUT2D eigenvalue weighted by Crippen LogP contribution is -2.14. The molecular weight excluding hydrogens is 238 g/mol. The highest BCUT2D eigenvalue weighted by Crippen LogP contribution is 2.21. The first-order valence-corrected chi connectivity index (χ1v) is 7.20. The largest absolute Gasteiger partial charge is 0.494 e. The van der Waals surface area contributed by atoms with Crippen molar-refractivity contribution in [1.82, 2.24) is 0 Å². The van der Waals surface area contributed by atoms with Gasteiger partial charge in [-0.2, -0.15) is 0 Å². The first-order chi connectivity index (χ1) is 7.98. The third-order valence-electron chi connectivity index (χ3n) is 2.37. The predicted molar refractivity (Wildman–Crippen MR) is 67.9 cm³/mol. The van der Waals surface area contributed by atoms with Gasteiger partial charge in [0.25, 0.3) is 0 Å². The van der Waals surface area contributed by atoms with Crippen LogP contribution in [-0.4, -0.2) is 26.8 Å². The van der Waals surface area contributed by atoms with Crippen molar-refractivity contribution in [3.63, 3.8) is 0 Å². The Balaban J connectivity index is 2.86. The summed E-state index contributed by atoms with van der Waals surface area (Å²) in [6.45, 7) is 4.39. The van der Waals surface area contributed by atoms with Crippen molar-refractivity contribution < 1.29 is 13.2 Å². The van der Waals surface area contributed by atoms with Gasteiger partial charge in [-0.3, -0.25) is 0 Å². The summed E-state index contributed by atoms with van der Waals surface area (Å²) in [5.41, 5.74) is 5.36. The highest BCUT2D eigenvalue weighted by molar-refractivity contribution is 7.92. The van der Waals surface area contributed by atoms with E-state index in [2.05, 4.69) is 0 Å². The molecule has 0 bridgehead atoms. The Morgan fingerprint density at radius 2 is 2.06 bits per heavy atom. The molecule has 0 amide bonds. The molecule has 0 aliphatic heterocycles. The van der Waals surface area contributed by atoms with Gasteiger partial charge in [0.15, 0.2) is 9.84 Å². The lowest BCUT2D eigenvalue weighted by atomic mass is 10.3. The first-order valence-electron chi connectivity index (χ1n) is 5.65. The van der Waals surface area contributed by atoms with Crippen LogP contribution in [0.15, 0.2) is 29.2 Å². The van der Waals surface area contributed by atoms with Gasteiger partial charge in [-0.1, -0.05) is 6.07 Å². The van der Waals surface area contributed by atoms with Crippen molar-refractivity contribution >= 4 is 9.84 Å². The number of sulfone groups is 1. The van der Waals surface area contributed by atoms with E-state index in [1.165, 1.54) is 0 Å². The minimum absolute atomic E-state index is 0.303. The predicted octanol–water partition coefficient (Wildman–Crippen LogP) is 1.60. The first kappa shape index (κ1) is 14.0. The Hall–Kier alpha value is -1.07. The molecular formula is C12H19NO3S. The van der Waals surface area contributed by atoms with Crippen molar-refractivity contribution in [2.24, 2.45) is 5.73 Å². The van der Waals surface area contributed by atoms with Crippen LogP contribution in [0.1, 0.15) is 20.3 Å². The third kappa shape index (κ3) is 3.71. The second kappa shape index (κ2) is 6.02. The molecule has 2 N–H and O–H groups in total. The number of hydrogen-bond donors (Lipinski definition) is 1. The lowest BCUT2D eigenvalue weighted by Gasteiger charge is -2.10. The second-order valence-corrected chi connectivity index (χ2v) is 6.56. The van der Waals surface area contributed by atoms with Crippen molar-refractivity contribution in [3.8, 4) is 5.75 Å². The van der Waals surface area contributed by atoms with Gasteiger partial charge in [0, 0.05) is 0 Å². The van der Waals surface area contributed by atoms with Gasteiger partial charge in [0.1, 0.15) is 5.75 Å². The van der Waals surface area contributed by atoms with Crippen LogP contribution < -0.4 is 10.5 Å². The summed E-state index contributed by atoms with van der Waals surface area (Å²) >= 11 is 0. The van der Waals surface area contributed by atoms with Crippen LogP contribution >= 0.6 is 0 Å². The quantitative estimate of drug-likeness (QED) is 0.786. The molecule has 1 aromatic carbocycles. The van der Waals surface area contributed by atoms with Crippen molar-refractivity contribution in [3.05, 3.63) is 24.3 Å². The van der Waals surface area contributed by atoms with Gasteiger partial charge in [0.2, 0.25) is 0 Å². The molecule has 0 aliphatic carbocycles. The Morgan fingerprint density at radius 1 is 1.35 bits per heavy atom. The van der Waals surface area contributed by atoms with Gasteiger partial charge < -0.3 is 10.5 Å². The normalized spacial score (nSPS) is 11.8. The standard InChI is InChI=1S/C12H19NO3S/c1-10(2)17(14,15)12-6-3-5-11(9-12)16-8-4-7-13/h3,5-6,9-10H,4,7-8,13H2,1-2H3. The summed E-state index contributed by atoms with van der Waals surface area (Å²) in [6.07, 6.45) is 0.751. The topological polar surface area (TPSA) is 69.4 Å². The molecule has 4 nitrogen and oxygen atoms in total. The van der Waals surface area contributed by atoms with E-state index in [-0.39, 0.29) is 0 Å². The van der Waals surface area contributed by atoms with Crippen molar-refractivity contribution in [2.45, 2.75) is 30.4 Å². The van der Waals surface area contributed by atoms with Crippen LogP contribution in [0.3, 0.4) is 0 Å². The van der Waals surface area contributed by atoms with Crippen LogP contribution in [0, 0.1) is 0 Å². The second-order valence-electron chi connectivity index (χ2n) is 4.06. The van der Waals surface area contributed by atoms with Crippen LogP contribution in [0.25, 0.3) is 0 Å². The summed E-state index contributed by atoms with van der Waals surface area (Å²) in [4.78, 5) is 0.303. The molecule has 0 radical (unpaired) electrons. The maximum absolute atomic E-state index is 11.9. The maximum atomic E-state index is 11.9. The number of ether oxygens (including phenoxy) is 1. The molecule has 0 aromatic heterocycles. The number of nitrogens with two attached hydrogens (primary N) is 1. The van der Waals surface area contributed by atoms with Crippen molar-refractivity contribution in [1.29, 1.82) is 0 Å². The molecule has 0 heterocycles. The number of hydrogen-bond acceptors (Lipinski definition) is 4. The summed E-state index contributed by atoms with van der Waals surface area (Å²) in [5, 5.41) is -0.429. The van der Waals surface area contributed by atoms with E-state index in [1.54, 1.807) is 38.1 Å². The van der Waals surface area contributed by atoms with E-state index in [9.17, 15) is 8.42 Å². The van der Waals surface area contributed by atoms with E-state index in [0.29, 0.717) is 23.8 Å². The van der Waals surface area contributed by atoms with Crippen LogP contribution in [0.4, 0.5) is 0 Å². The zero-order chi connectivity index (χ0) is 12.9. The Labute approximate surface area is 103 Å². The summed E-state index contributed by atoms with van der Waals surface area (Å²) < 4.78 is 29.3. The zero-order valence-corrected chi connectivity index (χ0v) is 11.0. The van der Waals surface area contributed by atoms with Gasteiger partial charge in [0.05, 0.1) is 16.8 Å². The van der Waals surface area contributed by atoms with E-state index in [1.807, 2.05) is 0 Å². The maximum Gasteiger partial charge on any atom is 0.180 e. The highest BCUT2D eigenvalue weighted by atomic mass is 32.2. The number of benzene rings is 1. The zero-order valence-electron chi connectivity index (χ0n) is 10.2. The molecule has 96 valence electrons. The molecule has 1 rings (SSSR count). The van der Waals surface area contributed by atoms with E-state index in [4.69, 9.17) is 10.5 Å². The molecule has 0 fully saturated rings. The van der Waals surface area contributed by atoms with Gasteiger partial charge in [-0.15, -0.1) is 0 Å². The van der Waals surface area contributed by atoms with E-state index < -0.39 is 15.1 Å². The fourth-order valence-electron chi connectivity index (χ4n) is 1.29. The van der Waals surface area contributed by atoms with Gasteiger partial charge in [-0.05, 0) is 45.0 Å². The average molecular weight is 257 g/mol. The van der Waals surface area contributed by atoms with E-state index in [0.717, 1.165) is 6.42 Å². The molecule has 1 aromatic rings. The summed E-state index contributed by atoms with van der Waals surface area (Å²) in [7, 11) is -3.23. The molecule has 0 spiro atoms. The van der Waals surface area contributed by atoms with Crippen molar-refractivity contribution in [2.75, 3.05) is 13.2 Å². The Kier molecular flexibility index (Phi) is 4.96. The minimum Gasteiger partial charge on any atom is -0.494 e. The fourth-order valence-corrected chi connectivity index (χ4v) is 2.38. The third-order valence-corrected chi connectivity index (χ3v) is 4.52. The van der Waals surface area contributed by atoms with Crippen LogP contribution in [0.5, 0.6) is 5.75 Å². The fraction of sp³-hybridized carbons (Fsp3) is 0.500. The van der Waals surface area contributed by atoms with Gasteiger partial charge >= 0.3 is 0 Å². The molecule has 0 unspecified atom stereocenters. The molecule has 17 heavy (non-hydrogen) atoms.